The highest BCUT2D eigenvalue weighted by Gasteiger charge is 2.19. The maximum absolute atomic E-state index is 12.5. The number of aromatic nitrogens is 2. The van der Waals surface area contributed by atoms with E-state index in [1.807, 2.05) is 91.0 Å². The Kier molecular flexibility index (Phi) is 5.15. The van der Waals surface area contributed by atoms with Crippen molar-refractivity contribution in [2.24, 2.45) is 0 Å². The predicted octanol–water partition coefficient (Wildman–Crippen LogP) is 5.49. The minimum Gasteiger partial charge on any atom is -0.444 e. The predicted molar refractivity (Wildman–Crippen MR) is 110 cm³/mol. The van der Waals surface area contributed by atoms with Crippen LogP contribution in [0.2, 0.25) is 0 Å². The van der Waals surface area contributed by atoms with Crippen LogP contribution in [0.4, 0.5) is 10.5 Å². The number of ether oxygens (including phenoxy) is 1. The molecular weight excluding hydrogens is 350 g/mol. The number of H-pyrrole nitrogens is 1. The SMILES string of the molecule is O=C(Nc1c(-c2ccccc2)n[nH]c1-c1ccccc1)OCc1ccccc1. The summed E-state index contributed by atoms with van der Waals surface area (Å²) in [6.45, 7) is 0.200. The molecule has 0 radical (unpaired) electrons. The van der Waals surface area contributed by atoms with Crippen LogP contribution in [-0.2, 0) is 11.3 Å². The van der Waals surface area contributed by atoms with Crippen LogP contribution < -0.4 is 5.32 Å². The van der Waals surface area contributed by atoms with Crippen molar-refractivity contribution in [1.82, 2.24) is 10.2 Å². The Bertz CT molecular complexity index is 988. The molecule has 3 aromatic carbocycles. The van der Waals surface area contributed by atoms with Crippen molar-refractivity contribution in [2.45, 2.75) is 6.61 Å². The van der Waals surface area contributed by atoms with E-state index < -0.39 is 6.09 Å². The second-order valence-electron chi connectivity index (χ2n) is 6.24. The molecule has 0 bridgehead atoms. The summed E-state index contributed by atoms with van der Waals surface area (Å²) in [5.74, 6) is 0. The number of aromatic amines is 1. The molecule has 138 valence electrons. The van der Waals surface area contributed by atoms with Crippen molar-refractivity contribution in [2.75, 3.05) is 5.32 Å². The summed E-state index contributed by atoms with van der Waals surface area (Å²) < 4.78 is 5.39. The summed E-state index contributed by atoms with van der Waals surface area (Å²) in [5, 5.41) is 10.4. The number of amides is 1. The van der Waals surface area contributed by atoms with Crippen LogP contribution in [0.3, 0.4) is 0 Å². The van der Waals surface area contributed by atoms with E-state index in [0.29, 0.717) is 11.4 Å². The van der Waals surface area contributed by atoms with Crippen LogP contribution in [0.1, 0.15) is 5.56 Å². The lowest BCUT2D eigenvalue weighted by molar-refractivity contribution is 0.155. The molecule has 5 heteroatoms. The molecule has 0 saturated heterocycles. The molecule has 0 saturated carbocycles. The minimum absolute atomic E-state index is 0.200. The van der Waals surface area contributed by atoms with Crippen molar-refractivity contribution >= 4 is 11.8 Å². The first-order chi connectivity index (χ1) is 13.8. The number of nitrogens with one attached hydrogen (secondary N) is 2. The summed E-state index contributed by atoms with van der Waals surface area (Å²) >= 11 is 0. The zero-order valence-electron chi connectivity index (χ0n) is 15.1. The van der Waals surface area contributed by atoms with Crippen molar-refractivity contribution < 1.29 is 9.53 Å². The van der Waals surface area contributed by atoms with Crippen LogP contribution in [0.5, 0.6) is 0 Å². The smallest absolute Gasteiger partial charge is 0.412 e. The molecule has 0 aliphatic carbocycles. The van der Waals surface area contributed by atoms with Gasteiger partial charge in [-0.1, -0.05) is 91.0 Å². The molecule has 0 fully saturated rings. The van der Waals surface area contributed by atoms with Gasteiger partial charge in [-0.15, -0.1) is 0 Å². The molecule has 5 nitrogen and oxygen atoms in total. The number of rotatable bonds is 5. The lowest BCUT2D eigenvalue weighted by Crippen LogP contribution is -2.14. The zero-order chi connectivity index (χ0) is 19.2. The van der Waals surface area contributed by atoms with Gasteiger partial charge >= 0.3 is 6.09 Å². The molecule has 4 aromatic rings. The number of benzene rings is 3. The number of carbonyl (C=O) groups excluding carboxylic acids is 1. The number of carbonyl (C=O) groups is 1. The average molecular weight is 369 g/mol. The topological polar surface area (TPSA) is 67.0 Å². The fourth-order valence-corrected chi connectivity index (χ4v) is 2.94. The van der Waals surface area contributed by atoms with E-state index in [0.717, 1.165) is 22.4 Å². The average Bonchev–Trinajstić information content (AvgIpc) is 3.17. The fourth-order valence-electron chi connectivity index (χ4n) is 2.94. The highest BCUT2D eigenvalue weighted by atomic mass is 16.5. The van der Waals surface area contributed by atoms with Gasteiger partial charge in [0, 0.05) is 11.1 Å². The molecule has 0 atom stereocenters. The van der Waals surface area contributed by atoms with E-state index in [-0.39, 0.29) is 6.61 Å². The van der Waals surface area contributed by atoms with Crippen molar-refractivity contribution in [1.29, 1.82) is 0 Å². The van der Waals surface area contributed by atoms with Crippen LogP contribution >= 0.6 is 0 Å². The molecule has 1 aromatic heterocycles. The van der Waals surface area contributed by atoms with E-state index in [1.165, 1.54) is 0 Å². The third kappa shape index (κ3) is 3.94. The molecular formula is C23H19N3O2. The molecule has 1 heterocycles. The Labute approximate surface area is 163 Å². The number of hydrogen-bond donors (Lipinski definition) is 2. The monoisotopic (exact) mass is 369 g/mol. The van der Waals surface area contributed by atoms with Crippen LogP contribution in [0, 0.1) is 0 Å². The quantitative estimate of drug-likeness (QED) is 0.489. The Morgan fingerprint density at radius 1 is 0.821 bits per heavy atom. The Hall–Kier alpha value is -3.86. The highest BCUT2D eigenvalue weighted by molar-refractivity contribution is 5.96. The number of nitrogens with zero attached hydrogens (tertiary/aromatic N) is 1. The third-order valence-corrected chi connectivity index (χ3v) is 4.32. The molecule has 0 spiro atoms. The van der Waals surface area contributed by atoms with Gasteiger partial charge in [-0.2, -0.15) is 5.10 Å². The third-order valence-electron chi connectivity index (χ3n) is 4.32. The number of anilines is 1. The van der Waals surface area contributed by atoms with Crippen LogP contribution in [0.15, 0.2) is 91.0 Å². The van der Waals surface area contributed by atoms with Gasteiger partial charge < -0.3 is 4.74 Å². The van der Waals surface area contributed by atoms with Gasteiger partial charge in [-0.25, -0.2) is 4.79 Å². The molecule has 0 unspecified atom stereocenters. The van der Waals surface area contributed by atoms with E-state index in [9.17, 15) is 4.79 Å². The molecule has 2 N–H and O–H groups in total. The molecule has 4 rings (SSSR count). The van der Waals surface area contributed by atoms with Gasteiger partial charge in [-0.3, -0.25) is 10.4 Å². The molecule has 1 amide bonds. The first-order valence-corrected chi connectivity index (χ1v) is 8.98. The van der Waals surface area contributed by atoms with E-state index in [2.05, 4.69) is 15.5 Å². The van der Waals surface area contributed by atoms with Crippen molar-refractivity contribution in [3.63, 3.8) is 0 Å². The minimum atomic E-state index is -0.528. The van der Waals surface area contributed by atoms with Gasteiger partial charge in [0.2, 0.25) is 0 Å². The van der Waals surface area contributed by atoms with Crippen LogP contribution in [-0.4, -0.2) is 16.3 Å². The summed E-state index contributed by atoms with van der Waals surface area (Å²) in [5.41, 5.74) is 4.74. The van der Waals surface area contributed by atoms with E-state index in [1.54, 1.807) is 0 Å². The normalized spacial score (nSPS) is 10.4. The molecule has 0 aliphatic heterocycles. The molecule has 0 aliphatic rings. The largest absolute Gasteiger partial charge is 0.444 e. The van der Waals surface area contributed by atoms with Gasteiger partial charge in [0.15, 0.2) is 0 Å². The van der Waals surface area contributed by atoms with Gasteiger partial charge in [0.25, 0.3) is 0 Å². The Balaban J connectivity index is 1.62. The van der Waals surface area contributed by atoms with E-state index >= 15 is 0 Å². The van der Waals surface area contributed by atoms with Crippen LogP contribution in [0.25, 0.3) is 22.5 Å². The van der Waals surface area contributed by atoms with E-state index in [4.69, 9.17) is 4.74 Å². The zero-order valence-corrected chi connectivity index (χ0v) is 15.1. The van der Waals surface area contributed by atoms with Gasteiger partial charge in [0.1, 0.15) is 12.3 Å². The van der Waals surface area contributed by atoms with Crippen molar-refractivity contribution in [3.05, 3.63) is 96.6 Å². The first-order valence-electron chi connectivity index (χ1n) is 8.98. The lowest BCUT2D eigenvalue weighted by Gasteiger charge is -2.10. The van der Waals surface area contributed by atoms with Gasteiger partial charge in [0.05, 0.1) is 11.4 Å². The fraction of sp³-hybridized carbons (Fsp3) is 0.0435. The summed E-state index contributed by atoms with van der Waals surface area (Å²) in [6.07, 6.45) is -0.528. The summed E-state index contributed by atoms with van der Waals surface area (Å²) in [6, 6.07) is 29.0. The lowest BCUT2D eigenvalue weighted by atomic mass is 10.1. The van der Waals surface area contributed by atoms with Gasteiger partial charge in [-0.05, 0) is 5.56 Å². The Morgan fingerprint density at radius 3 is 2.04 bits per heavy atom. The second-order valence-corrected chi connectivity index (χ2v) is 6.24. The maximum Gasteiger partial charge on any atom is 0.412 e. The number of hydrogen-bond acceptors (Lipinski definition) is 3. The summed E-state index contributed by atoms with van der Waals surface area (Å²) in [4.78, 5) is 12.5. The van der Waals surface area contributed by atoms with Crippen molar-refractivity contribution in [3.8, 4) is 22.5 Å². The Morgan fingerprint density at radius 2 is 1.39 bits per heavy atom. The maximum atomic E-state index is 12.5. The molecule has 28 heavy (non-hydrogen) atoms. The second kappa shape index (κ2) is 8.22. The standard InChI is InChI=1S/C23H19N3O2/c27-23(28-16-17-10-4-1-5-11-17)24-22-20(18-12-6-2-7-13-18)25-26-21(22)19-14-8-3-9-15-19/h1-15H,16H2,(H,24,27)(H,25,26). The summed E-state index contributed by atoms with van der Waals surface area (Å²) in [7, 11) is 0. The highest BCUT2D eigenvalue weighted by Crippen LogP contribution is 2.34. The first kappa shape index (κ1) is 17.5.